The van der Waals surface area contributed by atoms with Crippen LogP contribution in [-0.2, 0) is 6.42 Å². The number of aromatic nitrogens is 4. The van der Waals surface area contributed by atoms with Crippen molar-refractivity contribution in [3.8, 4) is 0 Å². The summed E-state index contributed by atoms with van der Waals surface area (Å²) in [5, 5.41) is 2.43. The van der Waals surface area contributed by atoms with Crippen LogP contribution in [0, 0.1) is 11.7 Å². The van der Waals surface area contributed by atoms with Gasteiger partial charge < -0.3 is 9.99 Å². The van der Waals surface area contributed by atoms with E-state index in [1.807, 2.05) is 18.5 Å². The zero-order valence-corrected chi connectivity index (χ0v) is 17.7. The van der Waals surface area contributed by atoms with Gasteiger partial charge in [-0.15, -0.1) is 0 Å². The third-order valence-electron chi connectivity index (χ3n) is 6.43. The van der Waals surface area contributed by atoms with Crippen LogP contribution in [0.15, 0.2) is 30.6 Å². The van der Waals surface area contributed by atoms with Gasteiger partial charge in [-0.1, -0.05) is 25.0 Å². The quantitative estimate of drug-likeness (QED) is 0.578. The minimum atomic E-state index is -0.178. The monoisotopic (exact) mass is 428 g/mol. The number of nitrogens with one attached hydrogen (secondary N) is 1. The second-order valence-corrected chi connectivity index (χ2v) is 8.81. The molecule has 3 heterocycles. The summed E-state index contributed by atoms with van der Waals surface area (Å²) in [7, 11) is 0. The van der Waals surface area contributed by atoms with Gasteiger partial charge in [0, 0.05) is 19.1 Å². The Hall–Kier alpha value is -2.25. The van der Waals surface area contributed by atoms with Crippen LogP contribution in [-0.4, -0.2) is 37.6 Å². The highest BCUT2D eigenvalue weighted by molar-refractivity contribution is 6.28. The zero-order valence-electron chi connectivity index (χ0n) is 16.9. The van der Waals surface area contributed by atoms with Crippen LogP contribution in [0.3, 0.4) is 0 Å². The largest absolute Gasteiger partial charge is 0.312 e. The van der Waals surface area contributed by atoms with Gasteiger partial charge in [0.05, 0.1) is 6.33 Å². The van der Waals surface area contributed by atoms with Crippen molar-refractivity contribution in [1.82, 2.24) is 24.5 Å². The number of benzene rings is 1. The molecule has 30 heavy (non-hydrogen) atoms. The van der Waals surface area contributed by atoms with Crippen LogP contribution in [0.4, 0.5) is 10.2 Å². The fourth-order valence-electron chi connectivity index (χ4n) is 4.77. The summed E-state index contributed by atoms with van der Waals surface area (Å²) in [6.07, 6.45) is 9.85. The number of anilines is 1. The lowest BCUT2D eigenvalue weighted by molar-refractivity contribution is 0.216. The fraction of sp³-hybridized carbons (Fsp3) is 0.500. The third kappa shape index (κ3) is 4.14. The first kappa shape index (κ1) is 19.7. The number of imidazole rings is 1. The number of hydrogen-bond donors (Lipinski definition) is 1. The molecular weight excluding hydrogens is 403 g/mol. The van der Waals surface area contributed by atoms with E-state index >= 15 is 0 Å². The van der Waals surface area contributed by atoms with Crippen molar-refractivity contribution in [1.29, 1.82) is 0 Å². The molecule has 3 aromatic rings. The number of hydrogen-bond acceptors (Lipinski definition) is 5. The summed E-state index contributed by atoms with van der Waals surface area (Å²) in [4.78, 5) is 13.5. The maximum atomic E-state index is 13.1. The predicted octanol–water partition coefficient (Wildman–Crippen LogP) is 5.02. The van der Waals surface area contributed by atoms with Crippen molar-refractivity contribution < 1.29 is 4.39 Å². The van der Waals surface area contributed by atoms with E-state index in [1.165, 1.54) is 18.4 Å². The minimum absolute atomic E-state index is 0.178. The number of halogens is 2. The van der Waals surface area contributed by atoms with Crippen molar-refractivity contribution in [2.45, 2.75) is 51.0 Å². The van der Waals surface area contributed by atoms with Crippen LogP contribution in [0.1, 0.15) is 50.1 Å². The summed E-state index contributed by atoms with van der Waals surface area (Å²) in [6.45, 7) is 1.83. The molecule has 1 saturated heterocycles. The van der Waals surface area contributed by atoms with Gasteiger partial charge in [0.15, 0.2) is 17.0 Å². The molecule has 1 N–H and O–H groups in total. The second-order valence-electron chi connectivity index (χ2n) is 8.48. The Kier molecular flexibility index (Phi) is 5.56. The molecule has 0 spiro atoms. The molecule has 1 saturated carbocycles. The first-order valence-electron chi connectivity index (χ1n) is 10.8. The average Bonchev–Trinajstić information content (AvgIpc) is 3.41. The molecule has 0 bridgehead atoms. The summed E-state index contributed by atoms with van der Waals surface area (Å²) in [5.74, 6) is 1.10. The van der Waals surface area contributed by atoms with E-state index in [2.05, 4.69) is 30.0 Å². The SMILES string of the molecule is Fc1ccc(CC2CCN(Nc3nc(Cl)nc4c3ncn4C3CCCC3)CC2)cc1. The highest BCUT2D eigenvalue weighted by Gasteiger charge is 2.24. The maximum absolute atomic E-state index is 13.1. The molecule has 1 aromatic carbocycles. The molecule has 0 radical (unpaired) electrons. The molecule has 5 rings (SSSR count). The van der Waals surface area contributed by atoms with Crippen molar-refractivity contribution >= 4 is 28.6 Å². The smallest absolute Gasteiger partial charge is 0.226 e. The van der Waals surface area contributed by atoms with Crippen LogP contribution in [0.2, 0.25) is 5.28 Å². The van der Waals surface area contributed by atoms with Gasteiger partial charge >= 0.3 is 0 Å². The lowest BCUT2D eigenvalue weighted by Crippen LogP contribution is -2.38. The number of fused-ring (bicyclic) bond motifs is 1. The number of rotatable bonds is 5. The van der Waals surface area contributed by atoms with Gasteiger partial charge in [-0.2, -0.15) is 9.97 Å². The maximum Gasteiger partial charge on any atom is 0.226 e. The molecule has 8 heteroatoms. The Morgan fingerprint density at radius 3 is 2.50 bits per heavy atom. The van der Waals surface area contributed by atoms with Crippen molar-refractivity contribution in [2.24, 2.45) is 5.92 Å². The van der Waals surface area contributed by atoms with Crippen LogP contribution in [0.25, 0.3) is 11.2 Å². The molecule has 6 nitrogen and oxygen atoms in total. The van der Waals surface area contributed by atoms with Crippen LogP contribution >= 0.6 is 11.6 Å². The lowest BCUT2D eigenvalue weighted by atomic mass is 9.91. The Balaban J connectivity index is 1.25. The van der Waals surface area contributed by atoms with Gasteiger partial charge in [-0.25, -0.2) is 14.4 Å². The molecule has 2 fully saturated rings. The summed E-state index contributed by atoms with van der Waals surface area (Å²) in [6, 6.07) is 7.32. The molecular formula is C22H26ClFN6. The van der Waals surface area contributed by atoms with Gasteiger partial charge in [-0.3, -0.25) is 0 Å². The molecule has 158 valence electrons. The molecule has 2 aromatic heterocycles. The van der Waals surface area contributed by atoms with Crippen molar-refractivity contribution in [2.75, 3.05) is 18.5 Å². The van der Waals surface area contributed by atoms with E-state index in [0.717, 1.165) is 56.4 Å². The Bertz CT molecular complexity index is 1010. The molecule has 2 aliphatic rings. The van der Waals surface area contributed by atoms with Gasteiger partial charge in [0.25, 0.3) is 0 Å². The minimum Gasteiger partial charge on any atom is -0.312 e. The van der Waals surface area contributed by atoms with Gasteiger partial charge in [0.2, 0.25) is 5.28 Å². The lowest BCUT2D eigenvalue weighted by Gasteiger charge is -2.32. The first-order valence-corrected chi connectivity index (χ1v) is 11.2. The molecule has 1 aliphatic carbocycles. The number of piperidine rings is 1. The Morgan fingerprint density at radius 2 is 1.77 bits per heavy atom. The molecule has 1 aliphatic heterocycles. The van der Waals surface area contributed by atoms with E-state index in [4.69, 9.17) is 11.6 Å². The van der Waals surface area contributed by atoms with E-state index in [1.54, 1.807) is 12.1 Å². The summed E-state index contributed by atoms with van der Waals surface area (Å²) >= 11 is 6.25. The number of nitrogens with zero attached hydrogens (tertiary/aromatic N) is 5. The second kappa shape index (κ2) is 8.47. The van der Waals surface area contributed by atoms with Crippen molar-refractivity contribution in [3.63, 3.8) is 0 Å². The fourth-order valence-corrected chi connectivity index (χ4v) is 4.93. The highest BCUT2D eigenvalue weighted by atomic mass is 35.5. The zero-order chi connectivity index (χ0) is 20.5. The molecule has 0 unspecified atom stereocenters. The standard InChI is InChI=1S/C22H26ClFN6/c23-22-26-20(19-21(27-22)30(14-25-19)18-3-1-2-4-18)28-29-11-9-16(10-12-29)13-15-5-7-17(24)8-6-15/h5-8,14,16,18H,1-4,9-13H2,(H,26,27,28). The normalized spacial score (nSPS) is 19.0. The Labute approximate surface area is 180 Å². The summed E-state index contributed by atoms with van der Waals surface area (Å²) < 4.78 is 15.3. The Morgan fingerprint density at radius 1 is 1.03 bits per heavy atom. The van der Waals surface area contributed by atoms with E-state index < -0.39 is 0 Å². The van der Waals surface area contributed by atoms with Crippen LogP contribution < -0.4 is 5.43 Å². The topological polar surface area (TPSA) is 58.9 Å². The average molecular weight is 429 g/mol. The molecule has 0 atom stereocenters. The number of hydrazine groups is 1. The van der Waals surface area contributed by atoms with Crippen molar-refractivity contribution in [3.05, 3.63) is 47.3 Å². The predicted molar refractivity (Wildman–Crippen MR) is 116 cm³/mol. The highest BCUT2D eigenvalue weighted by Crippen LogP contribution is 2.33. The molecule has 0 amide bonds. The van der Waals surface area contributed by atoms with Gasteiger partial charge in [0.1, 0.15) is 5.82 Å². The van der Waals surface area contributed by atoms with Gasteiger partial charge in [-0.05, 0) is 67.3 Å². The first-order chi connectivity index (χ1) is 14.7. The summed E-state index contributed by atoms with van der Waals surface area (Å²) in [5.41, 5.74) is 6.22. The van der Waals surface area contributed by atoms with E-state index in [0.29, 0.717) is 17.8 Å². The van der Waals surface area contributed by atoms with E-state index in [9.17, 15) is 4.39 Å². The van der Waals surface area contributed by atoms with Crippen LogP contribution in [0.5, 0.6) is 0 Å². The third-order valence-corrected chi connectivity index (χ3v) is 6.60. The van der Waals surface area contributed by atoms with E-state index in [-0.39, 0.29) is 11.1 Å².